The second-order valence-electron chi connectivity index (χ2n) is 9.14. The van der Waals surface area contributed by atoms with Gasteiger partial charge in [-0.1, -0.05) is 29.4 Å². The van der Waals surface area contributed by atoms with Gasteiger partial charge in [-0.25, -0.2) is 4.79 Å². The number of hydrogen-bond acceptors (Lipinski definition) is 8. The first-order valence-corrected chi connectivity index (χ1v) is 12.1. The van der Waals surface area contributed by atoms with Crippen molar-refractivity contribution in [1.29, 1.82) is 0 Å². The predicted molar refractivity (Wildman–Crippen MR) is 138 cm³/mol. The van der Waals surface area contributed by atoms with Gasteiger partial charge in [-0.2, -0.15) is 0 Å². The number of esters is 1. The highest BCUT2D eigenvalue weighted by Gasteiger charge is 2.34. The van der Waals surface area contributed by atoms with Gasteiger partial charge in [0.1, 0.15) is 5.52 Å². The van der Waals surface area contributed by atoms with Crippen molar-refractivity contribution >= 4 is 39.7 Å². The number of nitrogens with zero attached hydrogens (tertiary/aromatic N) is 3. The fourth-order valence-corrected chi connectivity index (χ4v) is 4.99. The number of aromatic nitrogens is 1. The molecule has 0 amide bonds. The van der Waals surface area contributed by atoms with Crippen molar-refractivity contribution in [3.05, 3.63) is 71.3 Å². The molecule has 0 radical (unpaired) electrons. The second-order valence-corrected chi connectivity index (χ2v) is 9.14. The molecule has 6 rings (SSSR count). The first-order chi connectivity index (χ1) is 17.5. The molecule has 3 aromatic carbocycles. The van der Waals surface area contributed by atoms with E-state index in [9.17, 15) is 9.59 Å². The topological polar surface area (TPSA) is 87.9 Å². The summed E-state index contributed by atoms with van der Waals surface area (Å²) in [5.41, 5.74) is 5.46. The molecule has 36 heavy (non-hydrogen) atoms. The molecule has 1 aliphatic carbocycles. The molecule has 1 fully saturated rings. The van der Waals surface area contributed by atoms with Crippen LogP contribution >= 0.6 is 0 Å². The van der Waals surface area contributed by atoms with E-state index in [-0.39, 0.29) is 11.8 Å². The molecule has 8 nitrogen and oxygen atoms in total. The van der Waals surface area contributed by atoms with Gasteiger partial charge in [-0.05, 0) is 44.3 Å². The number of piperazine rings is 1. The molecule has 182 valence electrons. The largest absolute Gasteiger partial charge is 0.462 e. The summed E-state index contributed by atoms with van der Waals surface area (Å²) in [6, 6.07) is 16.5. The minimum absolute atomic E-state index is 0.0677. The van der Waals surface area contributed by atoms with E-state index >= 15 is 0 Å². The Morgan fingerprint density at radius 2 is 1.78 bits per heavy atom. The van der Waals surface area contributed by atoms with Crippen LogP contribution in [0.1, 0.15) is 33.2 Å². The lowest BCUT2D eigenvalue weighted by atomic mass is 9.86. The van der Waals surface area contributed by atoms with Gasteiger partial charge in [0.25, 0.3) is 0 Å². The number of likely N-dealkylation sites (N-methyl/N-ethyl adjacent to an activating group) is 1. The molecule has 2 aliphatic rings. The van der Waals surface area contributed by atoms with Crippen LogP contribution in [-0.2, 0) is 4.74 Å². The summed E-state index contributed by atoms with van der Waals surface area (Å²) in [4.78, 5) is 30.4. The molecular formula is C28H26N4O4. The van der Waals surface area contributed by atoms with Crippen molar-refractivity contribution in [2.75, 3.05) is 50.1 Å². The maximum Gasteiger partial charge on any atom is 0.338 e. The van der Waals surface area contributed by atoms with Gasteiger partial charge in [0, 0.05) is 43.0 Å². The van der Waals surface area contributed by atoms with Crippen LogP contribution in [0.5, 0.6) is 0 Å². The summed E-state index contributed by atoms with van der Waals surface area (Å²) in [5.74, 6) is 0.188. The first kappa shape index (κ1) is 22.3. The van der Waals surface area contributed by atoms with Crippen LogP contribution in [0.15, 0.2) is 59.1 Å². The van der Waals surface area contributed by atoms with Crippen LogP contribution in [0.4, 0.5) is 17.1 Å². The third-order valence-electron chi connectivity index (χ3n) is 6.90. The molecule has 2 heterocycles. The van der Waals surface area contributed by atoms with Crippen LogP contribution in [0.3, 0.4) is 0 Å². The smallest absolute Gasteiger partial charge is 0.338 e. The third-order valence-corrected chi connectivity index (χ3v) is 6.90. The van der Waals surface area contributed by atoms with Gasteiger partial charge in [0.05, 0.1) is 34.5 Å². The maximum absolute atomic E-state index is 13.8. The van der Waals surface area contributed by atoms with E-state index in [1.165, 1.54) is 0 Å². The van der Waals surface area contributed by atoms with Crippen molar-refractivity contribution in [2.24, 2.45) is 0 Å². The molecule has 0 bridgehead atoms. The van der Waals surface area contributed by atoms with Crippen molar-refractivity contribution in [2.45, 2.75) is 6.92 Å². The number of benzene rings is 3. The average molecular weight is 483 g/mol. The summed E-state index contributed by atoms with van der Waals surface area (Å²) < 4.78 is 11.0. The molecule has 8 heteroatoms. The molecule has 1 N–H and O–H groups in total. The van der Waals surface area contributed by atoms with E-state index in [2.05, 4.69) is 27.3 Å². The minimum atomic E-state index is -0.362. The molecule has 1 saturated heterocycles. The number of carbonyl (C=O) groups is 2. The van der Waals surface area contributed by atoms with E-state index in [1.54, 1.807) is 19.1 Å². The molecule has 0 saturated carbocycles. The molecular weight excluding hydrogens is 456 g/mol. The van der Waals surface area contributed by atoms with Gasteiger partial charge in [-0.3, -0.25) is 4.79 Å². The lowest BCUT2D eigenvalue weighted by Gasteiger charge is -2.34. The number of anilines is 3. The number of ether oxygens (including phenoxy) is 1. The Balaban J connectivity index is 1.49. The van der Waals surface area contributed by atoms with Crippen molar-refractivity contribution in [3.8, 4) is 11.3 Å². The zero-order valence-electron chi connectivity index (χ0n) is 20.2. The van der Waals surface area contributed by atoms with Gasteiger partial charge < -0.3 is 24.4 Å². The average Bonchev–Trinajstić information content (AvgIpc) is 3.34. The maximum atomic E-state index is 13.8. The van der Waals surface area contributed by atoms with Crippen LogP contribution in [0.25, 0.3) is 22.2 Å². The number of nitrogens with one attached hydrogen (secondary N) is 1. The normalized spacial score (nSPS) is 15.2. The molecule has 1 aliphatic heterocycles. The van der Waals surface area contributed by atoms with Gasteiger partial charge in [0.2, 0.25) is 0 Å². The second kappa shape index (κ2) is 8.80. The standard InChI is InChI=1S/C28H26N4O4/c1-3-35-28(34)17-8-10-18(11-9-17)29-21-16-22(32-14-12-31(2)13-15-32)25-24-23(21)26(33)19-6-4-5-7-20(19)27(24)36-30-25/h4-11,16,29H,3,12-15H2,1-2H3. The fourth-order valence-electron chi connectivity index (χ4n) is 4.99. The lowest BCUT2D eigenvalue weighted by Crippen LogP contribution is -2.44. The van der Waals surface area contributed by atoms with Crippen LogP contribution in [0, 0.1) is 0 Å². The Morgan fingerprint density at radius 1 is 1.06 bits per heavy atom. The summed E-state index contributed by atoms with van der Waals surface area (Å²) in [6.07, 6.45) is 0. The Morgan fingerprint density at radius 3 is 2.50 bits per heavy atom. The molecule has 0 spiro atoms. The molecule has 0 atom stereocenters. The first-order valence-electron chi connectivity index (χ1n) is 12.1. The number of carbonyl (C=O) groups excluding carboxylic acids is 2. The summed E-state index contributed by atoms with van der Waals surface area (Å²) in [5, 5.41) is 8.62. The van der Waals surface area contributed by atoms with E-state index in [0.29, 0.717) is 40.3 Å². The van der Waals surface area contributed by atoms with Crippen molar-refractivity contribution < 1.29 is 18.8 Å². The minimum Gasteiger partial charge on any atom is -0.462 e. The summed E-state index contributed by atoms with van der Waals surface area (Å²) in [7, 11) is 2.12. The van der Waals surface area contributed by atoms with Gasteiger partial charge >= 0.3 is 5.97 Å². The Kier molecular flexibility index (Phi) is 5.45. The number of fused-ring (bicyclic) bond motifs is 2. The quantitative estimate of drug-likeness (QED) is 0.361. The van der Waals surface area contributed by atoms with Gasteiger partial charge in [0.15, 0.2) is 11.5 Å². The summed E-state index contributed by atoms with van der Waals surface area (Å²) >= 11 is 0. The van der Waals surface area contributed by atoms with E-state index < -0.39 is 0 Å². The number of ketones is 1. The Labute approximate surface area is 208 Å². The van der Waals surface area contributed by atoms with Crippen molar-refractivity contribution in [3.63, 3.8) is 0 Å². The highest BCUT2D eigenvalue weighted by atomic mass is 16.5. The Bertz CT molecular complexity index is 1480. The van der Waals surface area contributed by atoms with Crippen LogP contribution in [-0.4, -0.2) is 61.6 Å². The van der Waals surface area contributed by atoms with Gasteiger partial charge in [-0.15, -0.1) is 0 Å². The third kappa shape index (κ3) is 3.61. The monoisotopic (exact) mass is 482 g/mol. The zero-order valence-corrected chi connectivity index (χ0v) is 20.2. The van der Waals surface area contributed by atoms with E-state index in [1.807, 2.05) is 42.5 Å². The Hall–Kier alpha value is -4.17. The lowest BCUT2D eigenvalue weighted by molar-refractivity contribution is 0.0526. The molecule has 4 aromatic rings. The van der Waals surface area contributed by atoms with Crippen LogP contribution < -0.4 is 10.2 Å². The highest BCUT2D eigenvalue weighted by Crippen LogP contribution is 2.46. The fraction of sp³-hybridized carbons (Fsp3) is 0.250. The highest BCUT2D eigenvalue weighted by molar-refractivity contribution is 6.28. The number of hydrogen-bond donors (Lipinski definition) is 1. The molecule has 1 aromatic heterocycles. The van der Waals surface area contributed by atoms with E-state index in [4.69, 9.17) is 9.26 Å². The number of rotatable bonds is 5. The predicted octanol–water partition coefficient (Wildman–Crippen LogP) is 4.71. The van der Waals surface area contributed by atoms with Crippen molar-refractivity contribution in [1.82, 2.24) is 10.1 Å². The SMILES string of the molecule is CCOC(=O)c1ccc(Nc2cc(N3CCN(C)CC3)c3noc4c3c2C(=O)c2ccccc2-4)cc1. The van der Waals surface area contributed by atoms with Crippen LogP contribution in [0.2, 0.25) is 0 Å². The summed E-state index contributed by atoms with van der Waals surface area (Å²) in [6.45, 7) is 5.68. The zero-order chi connectivity index (χ0) is 24.8. The van der Waals surface area contributed by atoms with E-state index in [0.717, 1.165) is 48.5 Å². The molecule has 0 unspecified atom stereocenters.